The summed E-state index contributed by atoms with van der Waals surface area (Å²) in [4.78, 5) is 0.413. The van der Waals surface area contributed by atoms with Crippen molar-refractivity contribution in [3.63, 3.8) is 0 Å². The lowest BCUT2D eigenvalue weighted by molar-refractivity contribution is 0.576. The third kappa shape index (κ3) is 5.08. The minimum atomic E-state index is -3.45. The van der Waals surface area contributed by atoms with Gasteiger partial charge in [-0.05, 0) is 56.9 Å². The molecule has 0 heterocycles. The summed E-state index contributed by atoms with van der Waals surface area (Å²) in [6, 6.07) is 13.8. The van der Waals surface area contributed by atoms with E-state index in [4.69, 9.17) is 0 Å². The van der Waals surface area contributed by atoms with Gasteiger partial charge in [-0.2, -0.15) is 0 Å². The highest BCUT2D eigenvalue weighted by Gasteiger charge is 2.19. The van der Waals surface area contributed by atoms with Crippen molar-refractivity contribution in [3.8, 4) is 0 Å². The molecule has 2 rings (SSSR count). The van der Waals surface area contributed by atoms with E-state index in [0.717, 1.165) is 41.8 Å². The van der Waals surface area contributed by atoms with E-state index in [1.54, 1.807) is 0 Å². The third-order valence-electron chi connectivity index (χ3n) is 3.87. The van der Waals surface area contributed by atoms with Gasteiger partial charge in [0.2, 0.25) is 10.0 Å². The van der Waals surface area contributed by atoms with E-state index >= 15 is 0 Å². The number of sulfonamides is 1. The van der Waals surface area contributed by atoms with Gasteiger partial charge in [0.15, 0.2) is 0 Å². The van der Waals surface area contributed by atoms with Gasteiger partial charge in [0.1, 0.15) is 0 Å². The Morgan fingerprint density at radius 3 is 2.08 bits per heavy atom. The molecule has 4 nitrogen and oxygen atoms in total. The molecule has 0 aliphatic rings. The van der Waals surface area contributed by atoms with Crippen molar-refractivity contribution in [2.75, 3.05) is 18.4 Å². The van der Waals surface area contributed by atoms with Gasteiger partial charge in [-0.15, -0.1) is 0 Å². The van der Waals surface area contributed by atoms with Crippen molar-refractivity contribution >= 4 is 15.7 Å². The van der Waals surface area contributed by atoms with Crippen LogP contribution in [0.15, 0.2) is 47.4 Å². The molecular formula is C19H26N2O2S. The van der Waals surface area contributed by atoms with E-state index < -0.39 is 10.0 Å². The summed E-state index contributed by atoms with van der Waals surface area (Å²) in [5.41, 5.74) is 3.76. The number of aryl methyl sites for hydroxylation is 3. The number of nitrogens with one attached hydrogen (secondary N) is 2. The zero-order chi connectivity index (χ0) is 17.6. The highest BCUT2D eigenvalue weighted by atomic mass is 32.2. The standard InChI is InChI=1S/C19H26N2O2S/c1-15-13-16(2)19(17(3)14-15)24(22,23)21-12-8-7-11-20-18-9-5-4-6-10-18/h4-6,9-10,13-14,20-21H,7-8,11-12H2,1-3H3. The van der Waals surface area contributed by atoms with Crippen LogP contribution in [0.5, 0.6) is 0 Å². The lowest BCUT2D eigenvalue weighted by Crippen LogP contribution is -2.26. The predicted octanol–water partition coefficient (Wildman–Crippen LogP) is 3.78. The maximum absolute atomic E-state index is 12.5. The Bertz CT molecular complexity index is 748. The normalized spacial score (nSPS) is 11.5. The van der Waals surface area contributed by atoms with Crippen LogP contribution in [0, 0.1) is 20.8 Å². The molecule has 130 valence electrons. The average molecular weight is 346 g/mol. The predicted molar refractivity (Wildman–Crippen MR) is 100 cm³/mol. The van der Waals surface area contributed by atoms with Gasteiger partial charge >= 0.3 is 0 Å². The van der Waals surface area contributed by atoms with E-state index in [-0.39, 0.29) is 0 Å². The van der Waals surface area contributed by atoms with Gasteiger partial charge < -0.3 is 5.32 Å². The number of hydrogen-bond acceptors (Lipinski definition) is 3. The van der Waals surface area contributed by atoms with E-state index in [9.17, 15) is 8.42 Å². The van der Waals surface area contributed by atoms with Gasteiger partial charge in [0, 0.05) is 18.8 Å². The van der Waals surface area contributed by atoms with Gasteiger partial charge in [-0.1, -0.05) is 35.9 Å². The first kappa shape index (κ1) is 18.5. The number of rotatable bonds is 8. The number of anilines is 1. The van der Waals surface area contributed by atoms with Crippen LogP contribution in [-0.4, -0.2) is 21.5 Å². The molecule has 0 fully saturated rings. The number of para-hydroxylation sites is 1. The monoisotopic (exact) mass is 346 g/mol. The Kier molecular flexibility index (Phi) is 6.40. The maximum Gasteiger partial charge on any atom is 0.241 e. The van der Waals surface area contributed by atoms with Crippen molar-refractivity contribution in [1.29, 1.82) is 0 Å². The second-order valence-electron chi connectivity index (χ2n) is 6.13. The Labute approximate surface area is 145 Å². The fourth-order valence-electron chi connectivity index (χ4n) is 2.91. The summed E-state index contributed by atoms with van der Waals surface area (Å²) in [7, 11) is -3.45. The van der Waals surface area contributed by atoms with Crippen LogP contribution in [0.25, 0.3) is 0 Å². The average Bonchev–Trinajstić information content (AvgIpc) is 2.50. The Morgan fingerprint density at radius 1 is 0.875 bits per heavy atom. The first-order valence-electron chi connectivity index (χ1n) is 8.26. The molecule has 0 radical (unpaired) electrons. The fourth-order valence-corrected chi connectivity index (χ4v) is 4.43. The van der Waals surface area contributed by atoms with Crippen LogP contribution in [0.2, 0.25) is 0 Å². The lowest BCUT2D eigenvalue weighted by Gasteiger charge is -2.13. The smallest absolute Gasteiger partial charge is 0.241 e. The molecule has 0 aromatic heterocycles. The molecule has 0 bridgehead atoms. The SMILES string of the molecule is Cc1cc(C)c(S(=O)(=O)NCCCCNc2ccccc2)c(C)c1. The molecule has 0 atom stereocenters. The van der Waals surface area contributed by atoms with E-state index in [1.165, 1.54) is 0 Å². The van der Waals surface area contributed by atoms with Gasteiger partial charge in [-0.25, -0.2) is 13.1 Å². The largest absolute Gasteiger partial charge is 0.385 e. The van der Waals surface area contributed by atoms with Crippen LogP contribution in [-0.2, 0) is 10.0 Å². The molecule has 0 aliphatic carbocycles. The fraction of sp³-hybridized carbons (Fsp3) is 0.368. The van der Waals surface area contributed by atoms with Crippen LogP contribution in [0.1, 0.15) is 29.5 Å². The molecule has 0 amide bonds. The highest BCUT2D eigenvalue weighted by Crippen LogP contribution is 2.21. The van der Waals surface area contributed by atoms with Crippen LogP contribution in [0.4, 0.5) is 5.69 Å². The Hall–Kier alpha value is -1.85. The van der Waals surface area contributed by atoms with Crippen LogP contribution in [0.3, 0.4) is 0 Å². The minimum Gasteiger partial charge on any atom is -0.385 e. The molecule has 24 heavy (non-hydrogen) atoms. The first-order chi connectivity index (χ1) is 11.4. The molecule has 0 aliphatic heterocycles. The number of benzene rings is 2. The lowest BCUT2D eigenvalue weighted by atomic mass is 10.1. The molecule has 0 saturated carbocycles. The van der Waals surface area contributed by atoms with Crippen molar-refractivity contribution in [1.82, 2.24) is 4.72 Å². The van der Waals surface area contributed by atoms with E-state index in [1.807, 2.05) is 63.2 Å². The van der Waals surface area contributed by atoms with Crippen LogP contribution >= 0.6 is 0 Å². The summed E-state index contributed by atoms with van der Waals surface area (Å²) < 4.78 is 27.7. The van der Waals surface area contributed by atoms with Gasteiger partial charge in [0.05, 0.1) is 4.90 Å². The van der Waals surface area contributed by atoms with Crippen molar-refractivity contribution in [2.45, 2.75) is 38.5 Å². The van der Waals surface area contributed by atoms with Crippen molar-refractivity contribution < 1.29 is 8.42 Å². The summed E-state index contributed by atoms with van der Waals surface area (Å²) in [5.74, 6) is 0. The molecular weight excluding hydrogens is 320 g/mol. The summed E-state index contributed by atoms with van der Waals surface area (Å²) in [5, 5.41) is 3.32. The summed E-state index contributed by atoms with van der Waals surface area (Å²) in [6.45, 7) is 6.94. The summed E-state index contributed by atoms with van der Waals surface area (Å²) in [6.07, 6.45) is 1.70. The topological polar surface area (TPSA) is 58.2 Å². The molecule has 0 spiro atoms. The van der Waals surface area contributed by atoms with Gasteiger partial charge in [-0.3, -0.25) is 0 Å². The second-order valence-corrected chi connectivity index (χ2v) is 7.83. The number of hydrogen-bond donors (Lipinski definition) is 2. The maximum atomic E-state index is 12.5. The van der Waals surface area contributed by atoms with Crippen molar-refractivity contribution in [2.24, 2.45) is 0 Å². The summed E-state index contributed by atoms with van der Waals surface area (Å²) >= 11 is 0. The molecule has 0 saturated heterocycles. The molecule has 2 aromatic rings. The van der Waals surface area contributed by atoms with Gasteiger partial charge in [0.25, 0.3) is 0 Å². The zero-order valence-corrected chi connectivity index (χ0v) is 15.4. The van der Waals surface area contributed by atoms with Crippen LogP contribution < -0.4 is 10.0 Å². The van der Waals surface area contributed by atoms with E-state index in [0.29, 0.717) is 11.4 Å². The molecule has 2 aromatic carbocycles. The molecule has 0 unspecified atom stereocenters. The number of unbranched alkanes of at least 4 members (excludes halogenated alkanes) is 1. The molecule has 5 heteroatoms. The first-order valence-corrected chi connectivity index (χ1v) is 9.75. The minimum absolute atomic E-state index is 0.413. The third-order valence-corrected chi connectivity index (χ3v) is 5.64. The van der Waals surface area contributed by atoms with Crippen molar-refractivity contribution in [3.05, 3.63) is 59.2 Å². The Balaban J connectivity index is 1.81. The second kappa shape index (κ2) is 8.31. The molecule has 2 N–H and O–H groups in total. The van der Waals surface area contributed by atoms with E-state index in [2.05, 4.69) is 10.0 Å². The highest BCUT2D eigenvalue weighted by molar-refractivity contribution is 7.89. The quantitative estimate of drug-likeness (QED) is 0.715. The Morgan fingerprint density at radius 2 is 1.46 bits per heavy atom. The zero-order valence-electron chi connectivity index (χ0n) is 14.6.